The Balaban J connectivity index is 0.000000236. The molecule has 0 saturated carbocycles. The molecular weight excluding hydrogens is 568 g/mol. The average molecular weight is 589 g/mol. The second-order valence-corrected chi connectivity index (χ2v) is 8.03. The van der Waals surface area contributed by atoms with E-state index < -0.39 is 34.6 Å². The van der Waals surface area contributed by atoms with Crippen LogP contribution in [0.5, 0.6) is 0 Å². The zero-order valence-corrected chi connectivity index (χ0v) is 21.6. The summed E-state index contributed by atoms with van der Waals surface area (Å²) in [7, 11) is 0. The Morgan fingerprint density at radius 2 is 0.707 bits per heavy atom. The minimum atomic E-state index is -0.583. The van der Waals surface area contributed by atoms with Crippen molar-refractivity contribution < 1.29 is 36.7 Å². The van der Waals surface area contributed by atoms with E-state index in [1.54, 1.807) is 0 Å². The van der Waals surface area contributed by atoms with Crippen molar-refractivity contribution in [2.24, 2.45) is 5.84 Å². The van der Waals surface area contributed by atoms with E-state index in [0.29, 0.717) is 11.1 Å². The highest BCUT2D eigenvalue weighted by molar-refractivity contribution is 6.67. The highest BCUT2D eigenvalue weighted by Gasteiger charge is 2.09. The zero-order valence-electron chi connectivity index (χ0n) is 20.8. The molecule has 0 saturated heterocycles. The summed E-state index contributed by atoms with van der Waals surface area (Å²) in [6.07, 6.45) is 0. The molecule has 5 N–H and O–H groups in total. The number of nitrogen functional groups attached to an aromatic ring is 1. The van der Waals surface area contributed by atoms with Crippen LogP contribution in [0, 0.1) is 23.3 Å². The third-order valence-corrected chi connectivity index (χ3v) is 5.03. The lowest BCUT2D eigenvalue weighted by Crippen LogP contribution is -2.41. The van der Waals surface area contributed by atoms with Crippen LogP contribution in [-0.4, -0.2) is 23.0 Å². The van der Waals surface area contributed by atoms with E-state index in [9.17, 15) is 36.7 Å². The van der Waals surface area contributed by atoms with Crippen molar-refractivity contribution in [3.05, 3.63) is 143 Å². The molecule has 0 aliphatic carbocycles. The van der Waals surface area contributed by atoms with Gasteiger partial charge in [0, 0.05) is 22.3 Å². The third-order valence-electron chi connectivity index (χ3n) is 4.81. The summed E-state index contributed by atoms with van der Waals surface area (Å²) in [6, 6.07) is 19.9. The van der Waals surface area contributed by atoms with Gasteiger partial charge in [-0.05, 0) is 109 Å². The van der Waals surface area contributed by atoms with Crippen molar-refractivity contribution in [3.63, 3.8) is 0 Å². The molecule has 0 radical (unpaired) electrons. The molecule has 4 rings (SSSR count). The first-order chi connectivity index (χ1) is 19.5. The lowest BCUT2D eigenvalue weighted by molar-refractivity contribution is 0.0846. The molecule has 0 spiro atoms. The summed E-state index contributed by atoms with van der Waals surface area (Å²) < 4.78 is 49.9. The third kappa shape index (κ3) is 11.3. The second-order valence-electron chi connectivity index (χ2n) is 7.68. The van der Waals surface area contributed by atoms with Crippen molar-refractivity contribution in [2.45, 2.75) is 0 Å². The molecule has 212 valence electrons. The second kappa shape index (κ2) is 16.1. The predicted molar refractivity (Wildman–Crippen MR) is 142 cm³/mol. The van der Waals surface area contributed by atoms with Crippen LogP contribution >= 0.6 is 11.6 Å². The van der Waals surface area contributed by atoms with Gasteiger partial charge < -0.3 is 0 Å². The Labute approximate surface area is 236 Å². The van der Waals surface area contributed by atoms with Gasteiger partial charge in [-0.25, -0.2) is 23.4 Å². The molecule has 3 amide bonds. The summed E-state index contributed by atoms with van der Waals surface area (Å²) in [5.41, 5.74) is 7.34. The lowest BCUT2D eigenvalue weighted by atomic mass is 10.2. The van der Waals surface area contributed by atoms with Crippen molar-refractivity contribution >= 4 is 34.6 Å². The molecular formula is C28H21ClF4N4O4. The Kier molecular flexibility index (Phi) is 12.6. The number of halogens is 5. The number of amides is 3. The predicted octanol–water partition coefficient (Wildman–Crippen LogP) is 4.67. The quantitative estimate of drug-likeness (QED) is 0.0905. The number of nitrogens with one attached hydrogen (secondary N) is 3. The van der Waals surface area contributed by atoms with E-state index in [-0.39, 0.29) is 22.8 Å². The van der Waals surface area contributed by atoms with Gasteiger partial charge in [0.25, 0.3) is 23.0 Å². The number of nitrogens with two attached hydrogens (primary N) is 1. The van der Waals surface area contributed by atoms with Gasteiger partial charge in [-0.1, -0.05) is 0 Å². The molecule has 0 unspecified atom stereocenters. The number of hydrazine groups is 2. The molecule has 0 atom stereocenters. The molecule has 4 aromatic carbocycles. The van der Waals surface area contributed by atoms with Gasteiger partial charge in [0.15, 0.2) is 0 Å². The molecule has 0 heterocycles. The van der Waals surface area contributed by atoms with Gasteiger partial charge in [-0.2, -0.15) is 0 Å². The smallest absolute Gasteiger partial charge is 0.269 e. The molecule has 0 bridgehead atoms. The molecule has 0 aromatic heterocycles. The summed E-state index contributed by atoms with van der Waals surface area (Å²) in [5.74, 6) is 1.58. The number of benzene rings is 4. The maximum atomic E-state index is 12.7. The van der Waals surface area contributed by atoms with Crippen LogP contribution in [-0.2, 0) is 0 Å². The van der Waals surface area contributed by atoms with Gasteiger partial charge >= 0.3 is 0 Å². The highest BCUT2D eigenvalue weighted by atomic mass is 35.5. The lowest BCUT2D eigenvalue weighted by Gasteiger charge is -2.07. The van der Waals surface area contributed by atoms with Crippen LogP contribution in [0.25, 0.3) is 0 Å². The minimum Gasteiger partial charge on any atom is -0.290 e. The van der Waals surface area contributed by atoms with E-state index in [1.807, 2.05) is 5.43 Å². The van der Waals surface area contributed by atoms with E-state index in [4.69, 9.17) is 17.4 Å². The SMILES string of the molecule is NNC(=O)c1ccc(F)cc1.O=C(Cl)c1ccc(F)cc1.O=C(NNC(=O)c1ccc(F)cc1)c1ccc(F)cc1. The topological polar surface area (TPSA) is 130 Å². The summed E-state index contributed by atoms with van der Waals surface area (Å²) >= 11 is 5.09. The summed E-state index contributed by atoms with van der Waals surface area (Å²) in [4.78, 5) is 44.4. The molecule has 13 heteroatoms. The molecule has 41 heavy (non-hydrogen) atoms. The Morgan fingerprint density at radius 1 is 0.463 bits per heavy atom. The van der Waals surface area contributed by atoms with Gasteiger partial charge in [0.05, 0.1) is 0 Å². The first-order valence-electron chi connectivity index (χ1n) is 11.3. The van der Waals surface area contributed by atoms with Gasteiger partial charge in [0.2, 0.25) is 0 Å². The van der Waals surface area contributed by atoms with Crippen LogP contribution in [0.1, 0.15) is 41.4 Å². The van der Waals surface area contributed by atoms with Gasteiger partial charge in [0.1, 0.15) is 23.3 Å². The Morgan fingerprint density at radius 3 is 0.951 bits per heavy atom. The van der Waals surface area contributed by atoms with Crippen molar-refractivity contribution in [1.82, 2.24) is 16.3 Å². The number of hydrogen-bond acceptors (Lipinski definition) is 5. The molecule has 0 aliphatic rings. The van der Waals surface area contributed by atoms with Crippen LogP contribution < -0.4 is 22.1 Å². The van der Waals surface area contributed by atoms with Crippen LogP contribution in [0.15, 0.2) is 97.1 Å². The molecule has 0 aliphatic heterocycles. The van der Waals surface area contributed by atoms with Gasteiger partial charge in [-0.3, -0.25) is 35.5 Å². The Hall–Kier alpha value is -5.07. The van der Waals surface area contributed by atoms with Crippen LogP contribution in [0.4, 0.5) is 17.6 Å². The van der Waals surface area contributed by atoms with Crippen molar-refractivity contribution in [1.29, 1.82) is 0 Å². The zero-order chi connectivity index (χ0) is 30.4. The first-order valence-corrected chi connectivity index (χ1v) is 11.7. The van der Waals surface area contributed by atoms with Crippen LogP contribution in [0.3, 0.4) is 0 Å². The fraction of sp³-hybridized carbons (Fsp3) is 0. The summed E-state index contributed by atoms with van der Waals surface area (Å²) in [6.45, 7) is 0. The maximum absolute atomic E-state index is 12.7. The fourth-order valence-electron chi connectivity index (χ4n) is 2.73. The number of rotatable bonds is 4. The number of hydrogen-bond donors (Lipinski definition) is 4. The maximum Gasteiger partial charge on any atom is 0.269 e. The first kappa shape index (κ1) is 32.1. The number of carbonyl (C=O) groups excluding carboxylic acids is 4. The van der Waals surface area contributed by atoms with E-state index in [2.05, 4.69) is 10.9 Å². The largest absolute Gasteiger partial charge is 0.290 e. The number of carbonyl (C=O) groups is 4. The van der Waals surface area contributed by atoms with E-state index >= 15 is 0 Å². The molecule has 4 aromatic rings. The van der Waals surface area contributed by atoms with Crippen LogP contribution in [0.2, 0.25) is 0 Å². The standard InChI is InChI=1S/C14H10F2N2O2.C7H4ClFO.C7H7FN2O/c15-11-5-1-9(2-6-11)13(19)17-18-14(20)10-3-7-12(16)8-4-10;8-7(10)5-1-3-6(9)4-2-5;8-6-3-1-5(2-4-6)7(11)10-9/h1-8H,(H,17,19)(H,18,20);1-4H;1-4H,9H2,(H,10,11). The van der Waals surface area contributed by atoms with Gasteiger partial charge in [-0.15, -0.1) is 0 Å². The Bertz CT molecular complexity index is 1410. The van der Waals surface area contributed by atoms with E-state index in [0.717, 1.165) is 24.3 Å². The molecule has 8 nitrogen and oxygen atoms in total. The highest BCUT2D eigenvalue weighted by Crippen LogP contribution is 2.06. The van der Waals surface area contributed by atoms with Crippen molar-refractivity contribution in [2.75, 3.05) is 0 Å². The minimum absolute atomic E-state index is 0.200. The normalized spacial score (nSPS) is 9.61. The molecule has 0 fully saturated rings. The summed E-state index contributed by atoms with van der Waals surface area (Å²) in [5, 5.41) is -0.569. The average Bonchev–Trinajstić information content (AvgIpc) is 2.97. The van der Waals surface area contributed by atoms with Crippen molar-refractivity contribution in [3.8, 4) is 0 Å². The fourth-order valence-corrected chi connectivity index (χ4v) is 2.85. The monoisotopic (exact) mass is 588 g/mol. The van der Waals surface area contributed by atoms with E-state index in [1.165, 1.54) is 72.8 Å².